The van der Waals surface area contributed by atoms with Crippen molar-refractivity contribution in [1.29, 1.82) is 0 Å². The van der Waals surface area contributed by atoms with Gasteiger partial charge in [0.1, 0.15) is 23.0 Å². The van der Waals surface area contributed by atoms with Gasteiger partial charge in [-0.25, -0.2) is 0 Å². The summed E-state index contributed by atoms with van der Waals surface area (Å²) in [5.41, 5.74) is 0. The van der Waals surface area contributed by atoms with Crippen molar-refractivity contribution in [3.8, 4) is 23.0 Å². The van der Waals surface area contributed by atoms with E-state index < -0.39 is 11.3 Å². The quantitative estimate of drug-likeness (QED) is 0.571. The van der Waals surface area contributed by atoms with Crippen molar-refractivity contribution in [2.45, 2.75) is 13.0 Å². The van der Waals surface area contributed by atoms with Gasteiger partial charge in [-0.05, 0) is 66.4 Å². The first kappa shape index (κ1) is 17.1. The molecule has 0 aliphatic rings. The second-order valence-corrected chi connectivity index (χ2v) is 5.85. The lowest BCUT2D eigenvalue weighted by atomic mass is 10.1. The number of benzene rings is 3. The van der Waals surface area contributed by atoms with Crippen LogP contribution < -0.4 is 14.2 Å². The van der Waals surface area contributed by atoms with Crippen LogP contribution in [0.1, 0.15) is 6.92 Å². The summed E-state index contributed by atoms with van der Waals surface area (Å²) in [6, 6.07) is 18.7. The number of hydrogen-bond donors (Lipinski definition) is 0. The Morgan fingerprint density at radius 1 is 0.960 bits per heavy atom. The van der Waals surface area contributed by atoms with Crippen LogP contribution >= 0.6 is 11.6 Å². The van der Waals surface area contributed by atoms with E-state index in [9.17, 15) is 4.79 Å². The minimum atomic E-state index is -0.695. The van der Waals surface area contributed by atoms with E-state index >= 15 is 0 Å². The summed E-state index contributed by atoms with van der Waals surface area (Å²) >= 11 is 5.40. The van der Waals surface area contributed by atoms with Gasteiger partial charge in [0.25, 0.3) is 5.24 Å². The first-order valence-corrected chi connectivity index (χ1v) is 8.15. The van der Waals surface area contributed by atoms with Crippen molar-refractivity contribution >= 4 is 27.6 Å². The molecule has 0 radical (unpaired) electrons. The molecule has 0 spiro atoms. The molecule has 0 heterocycles. The van der Waals surface area contributed by atoms with Crippen LogP contribution in [0.4, 0.5) is 0 Å². The Hall–Kier alpha value is -2.72. The molecular formula is C20H17ClO4. The Morgan fingerprint density at radius 3 is 2.32 bits per heavy atom. The molecule has 0 saturated carbocycles. The van der Waals surface area contributed by atoms with Crippen LogP contribution in [-0.4, -0.2) is 18.5 Å². The van der Waals surface area contributed by atoms with E-state index in [0.29, 0.717) is 11.5 Å². The minimum Gasteiger partial charge on any atom is -0.497 e. The molecule has 25 heavy (non-hydrogen) atoms. The SMILES string of the molecule is COc1ccc2cccc(Oc3ccc(OC(C)C(=O)Cl)cc3)c2c1. The number of ether oxygens (including phenoxy) is 3. The largest absolute Gasteiger partial charge is 0.497 e. The van der Waals surface area contributed by atoms with E-state index in [4.69, 9.17) is 25.8 Å². The van der Waals surface area contributed by atoms with Crippen LogP contribution in [0.2, 0.25) is 0 Å². The molecule has 0 bridgehead atoms. The number of hydrogen-bond acceptors (Lipinski definition) is 4. The molecule has 0 N–H and O–H groups in total. The Labute approximate surface area is 150 Å². The fraction of sp³-hybridized carbons (Fsp3) is 0.150. The Bertz CT molecular complexity index is 890. The second kappa shape index (κ2) is 7.45. The minimum absolute atomic E-state index is 0.537. The maximum absolute atomic E-state index is 11.0. The molecule has 0 fully saturated rings. The van der Waals surface area contributed by atoms with Crippen LogP contribution in [0.5, 0.6) is 23.0 Å². The molecule has 0 aliphatic heterocycles. The second-order valence-electron chi connectivity index (χ2n) is 5.48. The molecule has 4 nitrogen and oxygen atoms in total. The van der Waals surface area contributed by atoms with E-state index in [-0.39, 0.29) is 0 Å². The summed E-state index contributed by atoms with van der Waals surface area (Å²) in [5, 5.41) is 1.49. The number of halogens is 1. The van der Waals surface area contributed by atoms with Gasteiger partial charge in [0.15, 0.2) is 6.10 Å². The molecule has 0 aliphatic carbocycles. The van der Waals surface area contributed by atoms with Gasteiger partial charge in [0, 0.05) is 5.39 Å². The van der Waals surface area contributed by atoms with Gasteiger partial charge in [0.05, 0.1) is 7.11 Å². The molecule has 0 saturated heterocycles. The first-order valence-electron chi connectivity index (χ1n) is 7.77. The monoisotopic (exact) mass is 356 g/mol. The molecule has 128 valence electrons. The zero-order valence-corrected chi connectivity index (χ0v) is 14.6. The standard InChI is InChI=1S/C20H17ClO4/c1-13(20(21)22)24-15-8-10-16(11-9-15)25-19-5-3-4-14-6-7-17(23-2)12-18(14)19/h3-13H,1-2H3. The van der Waals surface area contributed by atoms with E-state index in [2.05, 4.69) is 0 Å². The fourth-order valence-corrected chi connectivity index (χ4v) is 2.45. The number of carbonyl (C=O) groups excluding carboxylic acids is 1. The number of carbonyl (C=O) groups is 1. The highest BCUT2D eigenvalue weighted by Crippen LogP contribution is 2.33. The van der Waals surface area contributed by atoms with Crippen molar-refractivity contribution in [3.05, 3.63) is 60.7 Å². The first-order chi connectivity index (χ1) is 12.1. The van der Waals surface area contributed by atoms with Crippen LogP contribution in [0, 0.1) is 0 Å². The van der Waals surface area contributed by atoms with Gasteiger partial charge in [0.2, 0.25) is 0 Å². The van der Waals surface area contributed by atoms with Crippen LogP contribution in [0.25, 0.3) is 10.8 Å². The molecule has 3 rings (SSSR count). The van der Waals surface area contributed by atoms with Crippen LogP contribution in [-0.2, 0) is 4.79 Å². The Balaban J connectivity index is 1.82. The van der Waals surface area contributed by atoms with Gasteiger partial charge in [-0.1, -0.05) is 18.2 Å². The fourth-order valence-electron chi connectivity index (χ4n) is 2.40. The maximum atomic E-state index is 11.0. The highest BCUT2D eigenvalue weighted by atomic mass is 35.5. The summed E-state index contributed by atoms with van der Waals surface area (Å²) in [5.74, 6) is 2.71. The van der Waals surface area contributed by atoms with E-state index in [1.807, 2.05) is 36.4 Å². The third kappa shape index (κ3) is 4.03. The summed E-state index contributed by atoms with van der Waals surface area (Å²) < 4.78 is 16.7. The zero-order valence-electron chi connectivity index (χ0n) is 13.9. The summed E-state index contributed by atoms with van der Waals surface area (Å²) in [6.45, 7) is 1.60. The third-order valence-electron chi connectivity index (χ3n) is 3.73. The van der Waals surface area contributed by atoms with Crippen LogP contribution in [0.3, 0.4) is 0 Å². The topological polar surface area (TPSA) is 44.8 Å². The van der Waals surface area contributed by atoms with Crippen LogP contribution in [0.15, 0.2) is 60.7 Å². The van der Waals surface area contributed by atoms with Crippen molar-refractivity contribution < 1.29 is 19.0 Å². The number of methoxy groups -OCH3 is 1. The van der Waals surface area contributed by atoms with Crippen molar-refractivity contribution in [2.75, 3.05) is 7.11 Å². The lowest BCUT2D eigenvalue weighted by molar-refractivity contribution is -0.117. The predicted octanol–water partition coefficient (Wildman–Crippen LogP) is 5.17. The van der Waals surface area contributed by atoms with Gasteiger partial charge >= 0.3 is 0 Å². The Morgan fingerprint density at radius 2 is 1.64 bits per heavy atom. The van der Waals surface area contributed by atoms with Gasteiger partial charge in [-0.2, -0.15) is 0 Å². The van der Waals surface area contributed by atoms with E-state index in [0.717, 1.165) is 22.3 Å². The maximum Gasteiger partial charge on any atom is 0.262 e. The average Bonchev–Trinajstić information content (AvgIpc) is 2.63. The molecule has 1 unspecified atom stereocenters. The smallest absolute Gasteiger partial charge is 0.262 e. The van der Waals surface area contributed by atoms with E-state index in [1.165, 1.54) is 0 Å². The third-order valence-corrected chi connectivity index (χ3v) is 4.04. The summed E-state index contributed by atoms with van der Waals surface area (Å²) in [4.78, 5) is 11.0. The number of rotatable bonds is 6. The summed E-state index contributed by atoms with van der Waals surface area (Å²) in [7, 11) is 1.63. The highest BCUT2D eigenvalue weighted by Gasteiger charge is 2.11. The summed E-state index contributed by atoms with van der Waals surface area (Å²) in [6.07, 6.45) is -0.695. The molecule has 0 aromatic heterocycles. The lowest BCUT2D eigenvalue weighted by Crippen LogP contribution is -2.18. The van der Waals surface area contributed by atoms with Crippen molar-refractivity contribution in [2.24, 2.45) is 0 Å². The van der Waals surface area contributed by atoms with Crippen molar-refractivity contribution in [1.82, 2.24) is 0 Å². The van der Waals surface area contributed by atoms with Crippen molar-refractivity contribution in [3.63, 3.8) is 0 Å². The van der Waals surface area contributed by atoms with Gasteiger partial charge in [-0.15, -0.1) is 0 Å². The molecule has 3 aromatic rings. The molecular weight excluding hydrogens is 340 g/mol. The predicted molar refractivity (Wildman–Crippen MR) is 98.0 cm³/mol. The molecule has 1 atom stereocenters. The molecule has 5 heteroatoms. The highest BCUT2D eigenvalue weighted by molar-refractivity contribution is 6.64. The molecule has 3 aromatic carbocycles. The lowest BCUT2D eigenvalue weighted by Gasteiger charge is -2.12. The average molecular weight is 357 g/mol. The zero-order chi connectivity index (χ0) is 17.8. The van der Waals surface area contributed by atoms with E-state index in [1.54, 1.807) is 38.3 Å². The van der Waals surface area contributed by atoms with Gasteiger partial charge < -0.3 is 14.2 Å². The Kier molecular flexibility index (Phi) is 5.10. The van der Waals surface area contributed by atoms with Gasteiger partial charge in [-0.3, -0.25) is 4.79 Å². The number of fused-ring (bicyclic) bond motifs is 1. The molecule has 0 amide bonds. The normalized spacial score (nSPS) is 11.8.